The Bertz CT molecular complexity index is 580. The quantitative estimate of drug-likeness (QED) is 0.639. The van der Waals surface area contributed by atoms with Gasteiger partial charge in [-0.25, -0.2) is 0 Å². The Morgan fingerprint density at radius 1 is 0.917 bits per heavy atom. The summed E-state index contributed by atoms with van der Waals surface area (Å²) in [5.41, 5.74) is -0.382. The zero-order chi connectivity index (χ0) is 17.2. The topological polar surface area (TPSA) is 40.5 Å². The van der Waals surface area contributed by atoms with Crippen LogP contribution in [0.4, 0.5) is 0 Å². The SMILES string of the molecule is C[C@]12CC[C@@](O)(C#CCl)C[C@@H]1CC[C@H]1[C@H]2CC[C@]2(C)[C@H](O)CC[C@H]12. The van der Waals surface area contributed by atoms with Gasteiger partial charge in [0.25, 0.3) is 0 Å². The summed E-state index contributed by atoms with van der Waals surface area (Å²) < 4.78 is 0. The van der Waals surface area contributed by atoms with Crippen LogP contribution in [0.15, 0.2) is 0 Å². The molecule has 0 bridgehead atoms. The summed E-state index contributed by atoms with van der Waals surface area (Å²) in [5, 5.41) is 23.7. The van der Waals surface area contributed by atoms with Gasteiger partial charge >= 0.3 is 0 Å². The van der Waals surface area contributed by atoms with Gasteiger partial charge in [0, 0.05) is 5.38 Å². The second-order valence-electron chi connectivity index (χ2n) is 9.75. The molecule has 4 rings (SSSR count). The van der Waals surface area contributed by atoms with Gasteiger partial charge in [-0.05, 0) is 104 Å². The van der Waals surface area contributed by atoms with Crippen molar-refractivity contribution in [1.82, 2.24) is 0 Å². The van der Waals surface area contributed by atoms with Crippen molar-refractivity contribution in [3.05, 3.63) is 0 Å². The van der Waals surface area contributed by atoms with Crippen molar-refractivity contribution in [2.24, 2.45) is 34.5 Å². The highest BCUT2D eigenvalue weighted by atomic mass is 35.5. The first kappa shape index (κ1) is 17.2. The van der Waals surface area contributed by atoms with E-state index < -0.39 is 5.60 Å². The zero-order valence-corrected chi connectivity index (χ0v) is 15.8. The van der Waals surface area contributed by atoms with Gasteiger partial charge in [0.05, 0.1) is 6.10 Å². The number of aliphatic hydroxyl groups excluding tert-OH is 1. The third-order valence-electron chi connectivity index (χ3n) is 8.96. The van der Waals surface area contributed by atoms with Crippen LogP contribution >= 0.6 is 11.6 Å². The number of aliphatic hydroxyl groups is 2. The average molecular weight is 351 g/mol. The summed E-state index contributed by atoms with van der Waals surface area (Å²) in [6, 6.07) is 0. The van der Waals surface area contributed by atoms with Gasteiger partial charge in [-0.15, -0.1) is 0 Å². The van der Waals surface area contributed by atoms with E-state index in [0.717, 1.165) is 37.5 Å². The molecule has 8 atom stereocenters. The van der Waals surface area contributed by atoms with E-state index in [9.17, 15) is 10.2 Å². The second kappa shape index (κ2) is 5.63. The Morgan fingerprint density at radius 2 is 1.67 bits per heavy atom. The van der Waals surface area contributed by atoms with E-state index in [1.807, 2.05) is 0 Å². The van der Waals surface area contributed by atoms with Crippen molar-refractivity contribution in [2.75, 3.05) is 0 Å². The third kappa shape index (κ3) is 2.31. The van der Waals surface area contributed by atoms with Crippen LogP contribution in [0, 0.1) is 45.8 Å². The fraction of sp³-hybridized carbons (Fsp3) is 0.905. The first-order valence-electron chi connectivity index (χ1n) is 9.86. The number of hydrogen-bond acceptors (Lipinski definition) is 2. The van der Waals surface area contributed by atoms with Gasteiger partial charge < -0.3 is 10.2 Å². The Balaban J connectivity index is 1.60. The van der Waals surface area contributed by atoms with Gasteiger partial charge in [0.1, 0.15) is 5.60 Å². The normalized spacial score (nSPS) is 56.5. The van der Waals surface area contributed by atoms with Gasteiger partial charge in [-0.3, -0.25) is 0 Å². The highest BCUT2D eigenvalue weighted by Crippen LogP contribution is 2.66. The molecule has 134 valence electrons. The van der Waals surface area contributed by atoms with Crippen LogP contribution in [-0.4, -0.2) is 21.9 Å². The lowest BCUT2D eigenvalue weighted by Gasteiger charge is -2.61. The Hall–Kier alpha value is -0.230. The predicted octanol–water partition coefficient (Wildman–Crippen LogP) is 4.32. The molecule has 0 unspecified atom stereocenters. The first-order valence-corrected chi connectivity index (χ1v) is 10.2. The summed E-state index contributed by atoms with van der Waals surface area (Å²) in [5.74, 6) is 5.66. The maximum absolute atomic E-state index is 10.8. The highest BCUT2D eigenvalue weighted by molar-refractivity contribution is 6.30. The number of halogens is 1. The summed E-state index contributed by atoms with van der Waals surface area (Å²) in [7, 11) is 0. The van der Waals surface area contributed by atoms with Crippen LogP contribution in [0.3, 0.4) is 0 Å². The fourth-order valence-corrected chi connectivity index (χ4v) is 7.60. The molecule has 0 aromatic heterocycles. The molecule has 0 spiro atoms. The monoisotopic (exact) mass is 350 g/mol. The molecule has 2 N–H and O–H groups in total. The van der Waals surface area contributed by atoms with E-state index in [1.165, 1.54) is 32.1 Å². The molecule has 4 aliphatic rings. The minimum Gasteiger partial charge on any atom is -0.393 e. The fourth-order valence-electron chi connectivity index (χ4n) is 7.42. The zero-order valence-electron chi connectivity index (χ0n) is 15.0. The largest absolute Gasteiger partial charge is 0.393 e. The maximum Gasteiger partial charge on any atom is 0.127 e. The molecule has 0 radical (unpaired) electrons. The minimum atomic E-state index is -0.870. The Labute approximate surface area is 151 Å². The summed E-state index contributed by atoms with van der Waals surface area (Å²) in [6.07, 6.45) is 9.61. The predicted molar refractivity (Wildman–Crippen MR) is 96.3 cm³/mol. The highest BCUT2D eigenvalue weighted by Gasteiger charge is 2.61. The molecular formula is C21H31ClO2. The lowest BCUT2D eigenvalue weighted by Crippen LogP contribution is -2.56. The van der Waals surface area contributed by atoms with E-state index in [2.05, 4.69) is 25.1 Å². The van der Waals surface area contributed by atoms with Crippen LogP contribution in [-0.2, 0) is 0 Å². The van der Waals surface area contributed by atoms with Gasteiger partial charge in [0.2, 0.25) is 0 Å². The smallest absolute Gasteiger partial charge is 0.127 e. The van der Waals surface area contributed by atoms with Crippen molar-refractivity contribution in [3.8, 4) is 11.3 Å². The maximum atomic E-state index is 10.8. The van der Waals surface area contributed by atoms with E-state index >= 15 is 0 Å². The molecule has 24 heavy (non-hydrogen) atoms. The molecule has 0 amide bonds. The van der Waals surface area contributed by atoms with Crippen molar-refractivity contribution >= 4 is 11.6 Å². The van der Waals surface area contributed by atoms with Crippen LogP contribution in [0.5, 0.6) is 0 Å². The van der Waals surface area contributed by atoms with Crippen LogP contribution < -0.4 is 0 Å². The number of hydrogen-bond donors (Lipinski definition) is 2. The summed E-state index contributed by atoms with van der Waals surface area (Å²) in [4.78, 5) is 0. The van der Waals surface area contributed by atoms with Crippen LogP contribution in [0.2, 0.25) is 0 Å². The van der Waals surface area contributed by atoms with E-state index in [1.54, 1.807) is 0 Å². The molecule has 4 fully saturated rings. The van der Waals surface area contributed by atoms with Crippen LogP contribution in [0.25, 0.3) is 0 Å². The molecule has 0 heterocycles. The second-order valence-corrected chi connectivity index (χ2v) is 9.94. The molecule has 0 aromatic carbocycles. The van der Waals surface area contributed by atoms with Gasteiger partial charge in [-0.1, -0.05) is 19.8 Å². The van der Waals surface area contributed by atoms with Crippen molar-refractivity contribution in [1.29, 1.82) is 0 Å². The van der Waals surface area contributed by atoms with Gasteiger partial charge in [0.15, 0.2) is 0 Å². The Morgan fingerprint density at radius 3 is 2.42 bits per heavy atom. The third-order valence-corrected chi connectivity index (χ3v) is 9.05. The molecule has 3 heteroatoms. The number of rotatable bonds is 0. The minimum absolute atomic E-state index is 0.0931. The summed E-state index contributed by atoms with van der Waals surface area (Å²) >= 11 is 5.59. The lowest BCUT2D eigenvalue weighted by atomic mass is 9.44. The molecule has 2 nitrogen and oxygen atoms in total. The van der Waals surface area contributed by atoms with Crippen molar-refractivity contribution in [2.45, 2.75) is 83.3 Å². The van der Waals surface area contributed by atoms with Crippen LogP contribution in [0.1, 0.15) is 71.6 Å². The molecule has 0 aromatic rings. The van der Waals surface area contributed by atoms with Crippen molar-refractivity contribution in [3.63, 3.8) is 0 Å². The lowest BCUT2D eigenvalue weighted by molar-refractivity contribution is -0.143. The molecule has 0 aliphatic heterocycles. The van der Waals surface area contributed by atoms with Gasteiger partial charge in [-0.2, -0.15) is 0 Å². The molecule has 4 aliphatic carbocycles. The van der Waals surface area contributed by atoms with Crippen molar-refractivity contribution < 1.29 is 10.2 Å². The van der Waals surface area contributed by atoms with E-state index in [4.69, 9.17) is 11.6 Å². The molecular weight excluding hydrogens is 320 g/mol. The number of fused-ring (bicyclic) bond motifs is 5. The molecule has 4 saturated carbocycles. The first-order chi connectivity index (χ1) is 11.3. The average Bonchev–Trinajstić information content (AvgIpc) is 2.84. The molecule has 0 saturated heterocycles. The van der Waals surface area contributed by atoms with E-state index in [-0.39, 0.29) is 11.5 Å². The van der Waals surface area contributed by atoms with E-state index in [0.29, 0.717) is 17.3 Å². The summed E-state index contributed by atoms with van der Waals surface area (Å²) in [6.45, 7) is 4.83. The Kier molecular flexibility index (Phi) is 4.04. The standard InChI is InChI=1S/C21H31ClO2/c1-19-9-10-21(24,11-12-22)13-14(19)3-4-15-16-5-6-18(23)20(16,2)8-7-17(15)19/h14-18,23-24H,3-10,13H2,1-2H3/t14-,15+,16+,17+,18+,19-,20-,21+/m0/s1.